The van der Waals surface area contributed by atoms with Gasteiger partial charge >= 0.3 is 5.97 Å². The Morgan fingerprint density at radius 2 is 2.09 bits per heavy atom. The van der Waals surface area contributed by atoms with E-state index in [0.29, 0.717) is 24.9 Å². The number of benzene rings is 1. The molecular formula is C18H20N2O3. The Labute approximate surface area is 134 Å². The number of carbonyl (C=O) groups excluding carboxylic acids is 1. The summed E-state index contributed by atoms with van der Waals surface area (Å²) in [5.74, 6) is -0.917. The molecule has 0 bridgehead atoms. The maximum Gasteiger partial charge on any atom is 0.311 e. The number of para-hydroxylation sites is 1. The summed E-state index contributed by atoms with van der Waals surface area (Å²) in [7, 11) is 0. The molecule has 5 heteroatoms. The maximum absolute atomic E-state index is 12.9. The van der Waals surface area contributed by atoms with Crippen LogP contribution in [0.2, 0.25) is 0 Å². The standard InChI is InChI=1S/C18H20N2O3/c1-2-18(17(22)23)9-5-11-20(12-18)16(21)14-8-10-19-15-7-4-3-6-13(14)15/h3-4,6-8,10H,2,5,9,11-12H2,1H3,(H,22,23)/t18-/m1/s1. The van der Waals surface area contributed by atoms with Crippen LogP contribution < -0.4 is 0 Å². The highest BCUT2D eigenvalue weighted by molar-refractivity contribution is 6.06. The van der Waals surface area contributed by atoms with Crippen molar-refractivity contribution in [1.29, 1.82) is 0 Å². The molecule has 120 valence electrons. The quantitative estimate of drug-likeness (QED) is 0.946. The minimum Gasteiger partial charge on any atom is -0.481 e. The molecule has 1 N–H and O–H groups in total. The molecule has 1 amide bonds. The van der Waals surface area contributed by atoms with Crippen molar-refractivity contribution in [3.8, 4) is 0 Å². The molecule has 1 aliphatic rings. The third-order valence-corrected chi connectivity index (χ3v) is 4.87. The van der Waals surface area contributed by atoms with Gasteiger partial charge < -0.3 is 10.0 Å². The normalized spacial score (nSPS) is 21.3. The molecule has 1 aromatic carbocycles. The Kier molecular flexibility index (Phi) is 4.03. The largest absolute Gasteiger partial charge is 0.481 e. The third kappa shape index (κ3) is 2.67. The average Bonchev–Trinajstić information content (AvgIpc) is 2.60. The zero-order chi connectivity index (χ0) is 16.4. The molecule has 0 saturated carbocycles. The highest BCUT2D eigenvalue weighted by Crippen LogP contribution is 2.34. The first-order valence-corrected chi connectivity index (χ1v) is 7.94. The number of carboxylic acid groups (broad SMARTS) is 1. The van der Waals surface area contributed by atoms with Crippen molar-refractivity contribution in [2.75, 3.05) is 13.1 Å². The van der Waals surface area contributed by atoms with Crippen molar-refractivity contribution < 1.29 is 14.7 Å². The van der Waals surface area contributed by atoms with Gasteiger partial charge in [0, 0.05) is 24.7 Å². The van der Waals surface area contributed by atoms with Crippen molar-refractivity contribution >= 4 is 22.8 Å². The number of amides is 1. The summed E-state index contributed by atoms with van der Waals surface area (Å²) in [5, 5.41) is 10.4. The number of hydrogen-bond donors (Lipinski definition) is 1. The van der Waals surface area contributed by atoms with Gasteiger partial charge in [0.05, 0.1) is 16.5 Å². The van der Waals surface area contributed by atoms with E-state index < -0.39 is 11.4 Å². The summed E-state index contributed by atoms with van der Waals surface area (Å²) >= 11 is 0. The molecule has 1 aliphatic heterocycles. The smallest absolute Gasteiger partial charge is 0.311 e. The van der Waals surface area contributed by atoms with Gasteiger partial charge in [-0.3, -0.25) is 14.6 Å². The van der Waals surface area contributed by atoms with Crippen LogP contribution in [0.5, 0.6) is 0 Å². The summed E-state index contributed by atoms with van der Waals surface area (Å²) < 4.78 is 0. The lowest BCUT2D eigenvalue weighted by Gasteiger charge is -2.39. The lowest BCUT2D eigenvalue weighted by atomic mass is 9.77. The molecule has 1 fully saturated rings. The first kappa shape index (κ1) is 15.5. The van der Waals surface area contributed by atoms with Crippen LogP contribution in [0.4, 0.5) is 0 Å². The van der Waals surface area contributed by atoms with Crippen LogP contribution in [0.15, 0.2) is 36.5 Å². The fourth-order valence-electron chi connectivity index (χ4n) is 3.37. The molecule has 0 radical (unpaired) electrons. The van der Waals surface area contributed by atoms with E-state index in [2.05, 4.69) is 4.98 Å². The fraction of sp³-hybridized carbons (Fsp3) is 0.389. The second kappa shape index (κ2) is 5.99. The lowest BCUT2D eigenvalue weighted by molar-refractivity contribution is -0.152. The van der Waals surface area contributed by atoms with Crippen molar-refractivity contribution in [3.05, 3.63) is 42.1 Å². The summed E-state index contributed by atoms with van der Waals surface area (Å²) in [4.78, 5) is 30.6. The number of aliphatic carboxylic acids is 1. The second-order valence-electron chi connectivity index (χ2n) is 6.14. The van der Waals surface area contributed by atoms with Gasteiger partial charge in [0.1, 0.15) is 0 Å². The maximum atomic E-state index is 12.9. The van der Waals surface area contributed by atoms with Crippen LogP contribution in [0.1, 0.15) is 36.5 Å². The van der Waals surface area contributed by atoms with Crippen LogP contribution in [-0.2, 0) is 4.79 Å². The summed E-state index contributed by atoms with van der Waals surface area (Å²) in [6.45, 7) is 2.75. The van der Waals surface area contributed by atoms with Gasteiger partial charge in [-0.25, -0.2) is 0 Å². The van der Waals surface area contributed by atoms with Crippen LogP contribution >= 0.6 is 0 Å². The van der Waals surface area contributed by atoms with Crippen molar-refractivity contribution in [2.24, 2.45) is 5.41 Å². The molecule has 5 nitrogen and oxygen atoms in total. The monoisotopic (exact) mass is 312 g/mol. The molecule has 2 heterocycles. The number of piperidine rings is 1. The Hall–Kier alpha value is -2.43. The SMILES string of the molecule is CC[C@@]1(C(=O)O)CCCN(C(=O)c2ccnc3ccccc23)C1. The molecule has 0 unspecified atom stereocenters. The van der Waals surface area contributed by atoms with Crippen molar-refractivity contribution in [3.63, 3.8) is 0 Å². The predicted octanol–water partition coefficient (Wildman–Crippen LogP) is 2.95. The highest BCUT2D eigenvalue weighted by Gasteiger charge is 2.42. The fourth-order valence-corrected chi connectivity index (χ4v) is 3.37. The Balaban J connectivity index is 1.95. The number of fused-ring (bicyclic) bond motifs is 1. The van der Waals surface area contributed by atoms with E-state index in [-0.39, 0.29) is 12.5 Å². The highest BCUT2D eigenvalue weighted by atomic mass is 16.4. The van der Waals surface area contributed by atoms with E-state index in [1.807, 2.05) is 31.2 Å². The van der Waals surface area contributed by atoms with Gasteiger partial charge in [0.15, 0.2) is 0 Å². The topological polar surface area (TPSA) is 70.5 Å². The lowest BCUT2D eigenvalue weighted by Crippen LogP contribution is -2.49. The molecule has 1 aromatic heterocycles. The summed E-state index contributed by atoms with van der Waals surface area (Å²) in [6.07, 6.45) is 3.50. The van der Waals surface area contributed by atoms with E-state index in [1.165, 1.54) is 0 Å². The minimum absolute atomic E-state index is 0.109. The molecule has 0 aliphatic carbocycles. The first-order chi connectivity index (χ1) is 11.1. The number of carboxylic acids is 1. The van der Waals surface area contributed by atoms with Crippen LogP contribution in [0, 0.1) is 5.41 Å². The van der Waals surface area contributed by atoms with Gasteiger partial charge in [-0.15, -0.1) is 0 Å². The van der Waals surface area contributed by atoms with Crippen LogP contribution in [-0.4, -0.2) is 40.0 Å². The van der Waals surface area contributed by atoms with Gasteiger partial charge in [-0.1, -0.05) is 25.1 Å². The third-order valence-electron chi connectivity index (χ3n) is 4.87. The van der Waals surface area contributed by atoms with Crippen molar-refractivity contribution in [2.45, 2.75) is 26.2 Å². The molecule has 0 spiro atoms. The summed E-state index contributed by atoms with van der Waals surface area (Å²) in [6, 6.07) is 9.23. The van der Waals surface area contributed by atoms with Gasteiger partial charge in [-0.05, 0) is 31.4 Å². The van der Waals surface area contributed by atoms with E-state index in [1.54, 1.807) is 17.2 Å². The Morgan fingerprint density at radius 1 is 1.30 bits per heavy atom. The molecule has 2 aromatic rings. The number of hydrogen-bond acceptors (Lipinski definition) is 3. The van der Waals surface area contributed by atoms with Gasteiger partial charge in [0.25, 0.3) is 5.91 Å². The van der Waals surface area contributed by atoms with Crippen molar-refractivity contribution in [1.82, 2.24) is 9.88 Å². The number of rotatable bonds is 3. The molecule has 1 atom stereocenters. The van der Waals surface area contributed by atoms with Gasteiger partial charge in [-0.2, -0.15) is 0 Å². The van der Waals surface area contributed by atoms with Crippen LogP contribution in [0.25, 0.3) is 10.9 Å². The zero-order valence-corrected chi connectivity index (χ0v) is 13.2. The predicted molar refractivity (Wildman–Crippen MR) is 87.2 cm³/mol. The minimum atomic E-state index is -0.823. The zero-order valence-electron chi connectivity index (χ0n) is 13.2. The Morgan fingerprint density at radius 3 is 2.83 bits per heavy atom. The average molecular weight is 312 g/mol. The van der Waals surface area contributed by atoms with E-state index in [9.17, 15) is 14.7 Å². The number of nitrogens with zero attached hydrogens (tertiary/aromatic N) is 2. The summed E-state index contributed by atoms with van der Waals surface area (Å²) in [5.41, 5.74) is 0.541. The first-order valence-electron chi connectivity index (χ1n) is 7.94. The van der Waals surface area contributed by atoms with E-state index in [0.717, 1.165) is 17.3 Å². The number of aromatic nitrogens is 1. The number of likely N-dealkylation sites (tertiary alicyclic amines) is 1. The van der Waals surface area contributed by atoms with Crippen LogP contribution in [0.3, 0.4) is 0 Å². The Bertz CT molecular complexity index is 754. The molecular weight excluding hydrogens is 292 g/mol. The number of carbonyl (C=O) groups is 2. The van der Waals surface area contributed by atoms with E-state index >= 15 is 0 Å². The molecule has 1 saturated heterocycles. The number of pyridine rings is 1. The van der Waals surface area contributed by atoms with E-state index in [4.69, 9.17) is 0 Å². The van der Waals surface area contributed by atoms with Gasteiger partial charge in [0.2, 0.25) is 0 Å². The molecule has 3 rings (SSSR count). The molecule has 23 heavy (non-hydrogen) atoms. The second-order valence-corrected chi connectivity index (χ2v) is 6.14.